The Kier molecular flexibility index (Phi) is 8.15. The van der Waals surface area contributed by atoms with Gasteiger partial charge >= 0.3 is 0 Å². The van der Waals surface area contributed by atoms with Gasteiger partial charge in [-0.2, -0.15) is 0 Å². The van der Waals surface area contributed by atoms with Gasteiger partial charge in [0.15, 0.2) is 11.6 Å². The van der Waals surface area contributed by atoms with Crippen LogP contribution in [0.15, 0.2) is 66.9 Å². The zero-order valence-electron chi connectivity index (χ0n) is 21.9. The number of nitrogen functional groups attached to an aromatic ring is 1. The summed E-state index contributed by atoms with van der Waals surface area (Å²) in [5.41, 5.74) is 8.79. The van der Waals surface area contributed by atoms with E-state index in [1.165, 1.54) is 0 Å². The summed E-state index contributed by atoms with van der Waals surface area (Å²) in [6.07, 6.45) is 1.58. The Morgan fingerprint density at radius 2 is 1.87 bits per heavy atom. The van der Waals surface area contributed by atoms with Crippen LogP contribution in [0.3, 0.4) is 0 Å². The third-order valence-corrected chi connectivity index (χ3v) is 5.75. The molecule has 0 aliphatic rings. The van der Waals surface area contributed by atoms with Gasteiger partial charge in [0.1, 0.15) is 23.2 Å². The SMILES string of the molecule is CCOc1cc(OC(C)C)c(F)c(N(Cc2nc(-c3cccc(OC)c3)c[nH]2)c2ccc(C(=N)N)cc2)c1. The fourth-order valence-corrected chi connectivity index (χ4v) is 4.00. The zero-order valence-corrected chi connectivity index (χ0v) is 21.9. The number of nitrogens with two attached hydrogens (primary N) is 1. The number of H-pyrrole nitrogens is 1. The molecule has 0 atom stereocenters. The van der Waals surface area contributed by atoms with E-state index >= 15 is 4.39 Å². The number of rotatable bonds is 11. The predicted molar refractivity (Wildman–Crippen MR) is 147 cm³/mol. The van der Waals surface area contributed by atoms with Crippen LogP contribution in [0, 0.1) is 11.2 Å². The maximum absolute atomic E-state index is 15.9. The first-order valence-corrected chi connectivity index (χ1v) is 12.3. The molecule has 198 valence electrons. The lowest BCUT2D eigenvalue weighted by Gasteiger charge is -2.26. The monoisotopic (exact) mass is 517 g/mol. The Balaban J connectivity index is 1.78. The highest BCUT2D eigenvalue weighted by Crippen LogP contribution is 2.38. The maximum atomic E-state index is 15.9. The van der Waals surface area contributed by atoms with Crippen molar-refractivity contribution in [3.63, 3.8) is 0 Å². The third kappa shape index (κ3) is 6.05. The van der Waals surface area contributed by atoms with Crippen molar-refractivity contribution in [3.05, 3.63) is 84.1 Å². The molecule has 0 unspecified atom stereocenters. The number of aromatic nitrogens is 2. The largest absolute Gasteiger partial charge is 0.497 e. The van der Waals surface area contributed by atoms with E-state index in [1.807, 2.05) is 45.0 Å². The molecule has 0 bridgehead atoms. The van der Waals surface area contributed by atoms with Crippen molar-refractivity contribution in [1.82, 2.24) is 9.97 Å². The first kappa shape index (κ1) is 26.5. The van der Waals surface area contributed by atoms with Gasteiger partial charge in [-0.05, 0) is 57.2 Å². The lowest BCUT2D eigenvalue weighted by molar-refractivity contribution is 0.229. The highest BCUT2D eigenvalue weighted by molar-refractivity contribution is 5.95. The molecule has 1 heterocycles. The average Bonchev–Trinajstić information content (AvgIpc) is 3.38. The molecule has 8 nitrogen and oxygen atoms in total. The second kappa shape index (κ2) is 11.7. The van der Waals surface area contributed by atoms with Crippen LogP contribution in [0.25, 0.3) is 11.3 Å². The number of imidazole rings is 1. The van der Waals surface area contributed by atoms with E-state index in [0.29, 0.717) is 29.4 Å². The number of benzene rings is 3. The van der Waals surface area contributed by atoms with E-state index in [1.54, 1.807) is 54.6 Å². The molecule has 0 saturated heterocycles. The van der Waals surface area contributed by atoms with Crippen LogP contribution < -0.4 is 24.8 Å². The quantitative estimate of drug-likeness (QED) is 0.165. The van der Waals surface area contributed by atoms with Gasteiger partial charge in [-0.25, -0.2) is 9.37 Å². The van der Waals surface area contributed by atoms with Gasteiger partial charge in [0.2, 0.25) is 0 Å². The third-order valence-electron chi connectivity index (χ3n) is 5.75. The van der Waals surface area contributed by atoms with Gasteiger partial charge in [0.05, 0.1) is 37.7 Å². The summed E-state index contributed by atoms with van der Waals surface area (Å²) in [4.78, 5) is 9.76. The molecule has 0 amide bonds. The van der Waals surface area contributed by atoms with Crippen molar-refractivity contribution in [2.24, 2.45) is 5.73 Å². The minimum absolute atomic E-state index is 0.0470. The lowest BCUT2D eigenvalue weighted by atomic mass is 10.1. The number of hydrogen-bond donors (Lipinski definition) is 3. The summed E-state index contributed by atoms with van der Waals surface area (Å²) in [5.74, 6) is 1.37. The molecule has 4 rings (SSSR count). The Morgan fingerprint density at radius 3 is 2.53 bits per heavy atom. The Morgan fingerprint density at radius 1 is 1.11 bits per heavy atom. The summed E-state index contributed by atoms with van der Waals surface area (Å²) in [6, 6.07) is 17.9. The molecule has 3 aromatic carbocycles. The second-order valence-electron chi connectivity index (χ2n) is 8.87. The fourth-order valence-electron chi connectivity index (χ4n) is 4.00. The maximum Gasteiger partial charge on any atom is 0.188 e. The van der Waals surface area contributed by atoms with Gasteiger partial charge in [0.25, 0.3) is 0 Å². The van der Waals surface area contributed by atoms with Crippen LogP contribution in [-0.4, -0.2) is 35.6 Å². The van der Waals surface area contributed by atoms with Crippen LogP contribution in [0.1, 0.15) is 32.2 Å². The summed E-state index contributed by atoms with van der Waals surface area (Å²) in [7, 11) is 1.62. The predicted octanol–water partition coefficient (Wildman–Crippen LogP) is 6.03. The highest BCUT2D eigenvalue weighted by Gasteiger charge is 2.22. The Bertz CT molecular complexity index is 1400. The van der Waals surface area contributed by atoms with E-state index in [9.17, 15) is 0 Å². The number of hydrogen-bond acceptors (Lipinski definition) is 6. The number of methoxy groups -OCH3 is 1. The molecular weight excluding hydrogens is 485 g/mol. The van der Waals surface area contributed by atoms with E-state index < -0.39 is 5.82 Å². The van der Waals surface area contributed by atoms with E-state index in [2.05, 4.69) is 4.98 Å². The molecule has 0 aliphatic carbocycles. The van der Waals surface area contributed by atoms with Gasteiger partial charge in [-0.3, -0.25) is 5.41 Å². The van der Waals surface area contributed by atoms with Crippen molar-refractivity contribution >= 4 is 17.2 Å². The Labute approximate surface area is 221 Å². The van der Waals surface area contributed by atoms with Crippen molar-refractivity contribution < 1.29 is 18.6 Å². The van der Waals surface area contributed by atoms with Crippen LogP contribution in [0.4, 0.5) is 15.8 Å². The van der Waals surface area contributed by atoms with Crippen LogP contribution in [0.5, 0.6) is 17.2 Å². The first-order chi connectivity index (χ1) is 18.3. The number of nitrogens with one attached hydrogen (secondary N) is 2. The zero-order chi connectivity index (χ0) is 27.2. The van der Waals surface area contributed by atoms with Crippen LogP contribution >= 0.6 is 0 Å². The molecule has 4 aromatic rings. The van der Waals surface area contributed by atoms with Gasteiger partial charge in [-0.1, -0.05) is 12.1 Å². The van der Waals surface area contributed by atoms with Gasteiger partial charge in [-0.15, -0.1) is 0 Å². The van der Waals surface area contributed by atoms with Crippen LogP contribution in [0.2, 0.25) is 0 Å². The average molecular weight is 518 g/mol. The summed E-state index contributed by atoms with van der Waals surface area (Å²) >= 11 is 0. The van der Waals surface area contributed by atoms with E-state index in [0.717, 1.165) is 17.0 Å². The standard InChI is InChI=1S/C29H32FN5O3/c1-5-37-23-14-25(28(30)26(15-23)38-18(2)3)35(21-11-9-19(10-12-21)29(31)32)17-27-33-16-24(34-27)20-7-6-8-22(13-20)36-4/h6-16,18H,5,17H2,1-4H3,(H3,31,32)(H,33,34). The topological polar surface area (TPSA) is 109 Å². The van der Waals surface area contributed by atoms with Crippen molar-refractivity contribution in [3.8, 4) is 28.5 Å². The second-order valence-corrected chi connectivity index (χ2v) is 8.87. The lowest BCUT2D eigenvalue weighted by Crippen LogP contribution is -2.20. The van der Waals surface area contributed by atoms with Crippen molar-refractivity contribution in [1.29, 1.82) is 5.41 Å². The molecule has 9 heteroatoms. The van der Waals surface area contributed by atoms with E-state index in [-0.39, 0.29) is 29.9 Å². The smallest absolute Gasteiger partial charge is 0.188 e. The van der Waals surface area contributed by atoms with Crippen molar-refractivity contribution in [2.75, 3.05) is 18.6 Å². The summed E-state index contributed by atoms with van der Waals surface area (Å²) < 4.78 is 32.8. The molecular formula is C29H32FN5O3. The molecule has 0 fully saturated rings. The minimum Gasteiger partial charge on any atom is -0.497 e. The Hall–Kier alpha value is -4.53. The highest BCUT2D eigenvalue weighted by atomic mass is 19.1. The van der Waals surface area contributed by atoms with Gasteiger partial charge < -0.3 is 29.8 Å². The molecule has 0 saturated carbocycles. The number of ether oxygens (including phenoxy) is 3. The fraction of sp³-hybridized carbons (Fsp3) is 0.241. The molecule has 1 aromatic heterocycles. The summed E-state index contributed by atoms with van der Waals surface area (Å²) in [5, 5.41) is 7.72. The molecule has 4 N–H and O–H groups in total. The van der Waals surface area contributed by atoms with Crippen molar-refractivity contribution in [2.45, 2.75) is 33.4 Å². The van der Waals surface area contributed by atoms with E-state index in [4.69, 9.17) is 30.3 Å². The molecule has 0 aliphatic heterocycles. The number of aromatic amines is 1. The van der Waals surface area contributed by atoms with Gasteiger partial charge in [0, 0.05) is 35.1 Å². The summed E-state index contributed by atoms with van der Waals surface area (Å²) in [6.45, 7) is 6.19. The van der Waals surface area contributed by atoms with Crippen LogP contribution in [-0.2, 0) is 6.54 Å². The number of anilines is 2. The number of amidine groups is 1. The first-order valence-electron chi connectivity index (χ1n) is 12.3. The normalized spacial score (nSPS) is 10.9. The molecule has 0 spiro atoms. The minimum atomic E-state index is -0.516. The number of halogens is 1. The molecule has 38 heavy (non-hydrogen) atoms. The number of nitrogens with zero attached hydrogens (tertiary/aromatic N) is 2. The molecule has 0 radical (unpaired) electrons.